The molecule has 0 spiro atoms. The van der Waals surface area contributed by atoms with E-state index in [2.05, 4.69) is 0 Å². The maximum absolute atomic E-state index is 12.9. The Balaban J connectivity index is 1.82. The molecule has 0 amide bonds. The fourth-order valence-electron chi connectivity index (χ4n) is 4.83. The van der Waals surface area contributed by atoms with Gasteiger partial charge in [0.15, 0.2) is 11.5 Å². The highest BCUT2D eigenvalue weighted by Gasteiger charge is 2.34. The molecule has 35 heavy (non-hydrogen) atoms. The Morgan fingerprint density at radius 3 is 2.20 bits per heavy atom. The molecule has 1 aliphatic heterocycles. The van der Waals surface area contributed by atoms with Crippen LogP contribution in [0.2, 0.25) is 0 Å². The first-order chi connectivity index (χ1) is 16.9. The first-order valence-electron chi connectivity index (χ1n) is 11.1. The molecule has 0 radical (unpaired) electrons. The molecule has 5 rings (SSSR count). The summed E-state index contributed by atoms with van der Waals surface area (Å²) in [5.74, 6) is 1.15. The molecule has 0 unspecified atom stereocenters. The van der Waals surface area contributed by atoms with E-state index in [0.717, 1.165) is 22.3 Å². The second-order valence-electron chi connectivity index (χ2n) is 8.34. The van der Waals surface area contributed by atoms with Crippen LogP contribution in [-0.4, -0.2) is 27.3 Å². The molecule has 0 fully saturated rings. The van der Waals surface area contributed by atoms with Gasteiger partial charge in [0.05, 0.1) is 33.1 Å². The molecule has 0 saturated carbocycles. The number of carbonyl (C=O) groups is 1. The van der Waals surface area contributed by atoms with E-state index in [9.17, 15) is 9.59 Å². The smallest absolute Gasteiger partial charge is 0.336 e. The van der Waals surface area contributed by atoms with Crippen molar-refractivity contribution in [2.24, 2.45) is 0 Å². The number of benzene rings is 3. The lowest BCUT2D eigenvalue weighted by Crippen LogP contribution is -2.22. The predicted octanol–water partition coefficient (Wildman–Crippen LogP) is 5.24. The molecule has 178 valence electrons. The highest BCUT2D eigenvalue weighted by molar-refractivity contribution is 6.01. The average molecular weight is 472 g/mol. The number of methoxy groups -OCH3 is 3. The van der Waals surface area contributed by atoms with E-state index in [0.29, 0.717) is 39.5 Å². The van der Waals surface area contributed by atoms with Crippen molar-refractivity contribution < 1.29 is 28.2 Å². The second kappa shape index (κ2) is 8.83. The van der Waals surface area contributed by atoms with Gasteiger partial charge in [0.25, 0.3) is 0 Å². The van der Waals surface area contributed by atoms with Crippen LogP contribution in [0.3, 0.4) is 0 Å². The summed E-state index contributed by atoms with van der Waals surface area (Å²) in [4.78, 5) is 25.3. The van der Waals surface area contributed by atoms with Crippen LogP contribution in [0, 0.1) is 6.92 Å². The van der Waals surface area contributed by atoms with Crippen LogP contribution in [0.25, 0.3) is 22.1 Å². The van der Waals surface area contributed by atoms with Crippen molar-refractivity contribution in [3.8, 4) is 34.1 Å². The average Bonchev–Trinajstić information content (AvgIpc) is 2.87. The number of hydrogen-bond acceptors (Lipinski definition) is 7. The van der Waals surface area contributed by atoms with E-state index >= 15 is 0 Å². The Labute approximate surface area is 201 Å². The van der Waals surface area contributed by atoms with Crippen LogP contribution in [-0.2, 0) is 4.79 Å². The molecule has 1 aliphatic rings. The molecule has 0 saturated heterocycles. The maximum Gasteiger partial charge on any atom is 0.336 e. The van der Waals surface area contributed by atoms with Crippen LogP contribution in [0.5, 0.6) is 23.0 Å². The Kier molecular flexibility index (Phi) is 5.68. The van der Waals surface area contributed by atoms with Crippen LogP contribution in [0.4, 0.5) is 0 Å². The molecular formula is C28H24O7. The van der Waals surface area contributed by atoms with Gasteiger partial charge in [-0.05, 0) is 41.8 Å². The number of hydrogen-bond donors (Lipinski definition) is 0. The summed E-state index contributed by atoms with van der Waals surface area (Å²) in [5, 5.41) is 0.585. The summed E-state index contributed by atoms with van der Waals surface area (Å²) < 4.78 is 28.0. The minimum atomic E-state index is -0.473. The van der Waals surface area contributed by atoms with E-state index in [1.54, 1.807) is 21.3 Å². The van der Waals surface area contributed by atoms with Crippen molar-refractivity contribution in [1.82, 2.24) is 0 Å². The summed E-state index contributed by atoms with van der Waals surface area (Å²) in [6.07, 6.45) is 0.134. The van der Waals surface area contributed by atoms with Crippen molar-refractivity contribution in [1.29, 1.82) is 0 Å². The zero-order chi connectivity index (χ0) is 24.7. The van der Waals surface area contributed by atoms with Gasteiger partial charge in [0.1, 0.15) is 11.3 Å². The van der Waals surface area contributed by atoms with E-state index < -0.39 is 5.63 Å². The van der Waals surface area contributed by atoms with Gasteiger partial charge in [-0.15, -0.1) is 0 Å². The van der Waals surface area contributed by atoms with Gasteiger partial charge in [0.2, 0.25) is 5.75 Å². The fourth-order valence-corrected chi connectivity index (χ4v) is 4.83. The van der Waals surface area contributed by atoms with Crippen LogP contribution in [0.15, 0.2) is 63.8 Å². The number of fused-ring (bicyclic) bond motifs is 3. The third kappa shape index (κ3) is 3.79. The van der Waals surface area contributed by atoms with E-state index in [4.69, 9.17) is 23.4 Å². The van der Waals surface area contributed by atoms with E-state index in [1.165, 1.54) is 6.07 Å². The zero-order valence-electron chi connectivity index (χ0n) is 19.8. The third-order valence-corrected chi connectivity index (χ3v) is 6.34. The van der Waals surface area contributed by atoms with Gasteiger partial charge in [-0.2, -0.15) is 0 Å². The Bertz CT molecular complexity index is 1480. The third-order valence-electron chi connectivity index (χ3n) is 6.34. The SMILES string of the molecule is COc1cc([C@H]2CC(=O)Oc3c2c(C)cc2oc(=O)cc(-c4ccccc4)c32)cc(OC)c1OC. The van der Waals surface area contributed by atoms with Gasteiger partial charge >= 0.3 is 11.6 Å². The quantitative estimate of drug-likeness (QED) is 0.223. The molecule has 2 heterocycles. The van der Waals surface area contributed by atoms with Crippen LogP contribution in [0.1, 0.15) is 29.0 Å². The summed E-state index contributed by atoms with van der Waals surface area (Å²) in [5.41, 5.74) is 3.86. The standard InChI is InChI=1S/C28H24O7/c1-15-10-20-26(18(13-23(29)34-20)16-8-6-5-7-9-16)28-25(15)19(14-24(30)35-28)17-11-21(31-2)27(33-4)22(12-17)32-3/h5-13,19H,14H2,1-4H3/t19-/m1/s1. The van der Waals surface area contributed by atoms with Crippen molar-refractivity contribution in [2.45, 2.75) is 19.3 Å². The molecule has 7 heteroatoms. The Hall–Kier alpha value is -4.26. The maximum atomic E-state index is 12.9. The second-order valence-corrected chi connectivity index (χ2v) is 8.34. The number of rotatable bonds is 5. The highest BCUT2D eigenvalue weighted by atomic mass is 16.5. The van der Waals surface area contributed by atoms with Crippen molar-refractivity contribution in [3.05, 3.63) is 81.7 Å². The molecule has 1 aromatic heterocycles. The van der Waals surface area contributed by atoms with E-state index in [1.807, 2.05) is 55.5 Å². The summed E-state index contributed by atoms with van der Waals surface area (Å²) in [7, 11) is 4.65. The largest absolute Gasteiger partial charge is 0.493 e. The van der Waals surface area contributed by atoms with Gasteiger partial charge in [0, 0.05) is 23.1 Å². The summed E-state index contributed by atoms with van der Waals surface area (Å²) >= 11 is 0. The molecular weight excluding hydrogens is 448 g/mol. The first kappa shape index (κ1) is 22.5. The molecule has 1 atom stereocenters. The first-order valence-corrected chi connectivity index (χ1v) is 11.1. The molecule has 0 aliphatic carbocycles. The number of ether oxygens (including phenoxy) is 4. The number of esters is 1. The number of carbonyl (C=O) groups excluding carboxylic acids is 1. The van der Waals surface area contributed by atoms with Gasteiger partial charge in [-0.3, -0.25) is 4.79 Å². The van der Waals surface area contributed by atoms with Gasteiger partial charge < -0.3 is 23.4 Å². The lowest BCUT2D eigenvalue weighted by molar-refractivity contribution is -0.135. The zero-order valence-corrected chi connectivity index (χ0v) is 19.8. The Morgan fingerprint density at radius 2 is 1.57 bits per heavy atom. The Morgan fingerprint density at radius 1 is 0.886 bits per heavy atom. The molecule has 7 nitrogen and oxygen atoms in total. The minimum absolute atomic E-state index is 0.134. The van der Waals surface area contributed by atoms with Crippen LogP contribution >= 0.6 is 0 Å². The lowest BCUT2D eigenvalue weighted by atomic mass is 9.82. The van der Waals surface area contributed by atoms with Gasteiger partial charge in [-0.25, -0.2) is 4.79 Å². The summed E-state index contributed by atoms with van der Waals surface area (Å²) in [6.45, 7) is 1.91. The predicted molar refractivity (Wildman–Crippen MR) is 131 cm³/mol. The summed E-state index contributed by atoms with van der Waals surface area (Å²) in [6, 6.07) is 16.4. The van der Waals surface area contributed by atoms with Gasteiger partial charge in [-0.1, -0.05) is 30.3 Å². The van der Waals surface area contributed by atoms with E-state index in [-0.39, 0.29) is 18.3 Å². The highest BCUT2D eigenvalue weighted by Crippen LogP contribution is 2.49. The fraction of sp³-hybridized carbons (Fsp3) is 0.214. The molecule has 0 bridgehead atoms. The van der Waals surface area contributed by atoms with Crippen molar-refractivity contribution in [3.63, 3.8) is 0 Å². The molecule has 0 N–H and O–H groups in total. The van der Waals surface area contributed by atoms with Crippen molar-refractivity contribution in [2.75, 3.05) is 21.3 Å². The molecule has 4 aromatic rings. The van der Waals surface area contributed by atoms with Crippen LogP contribution < -0.4 is 24.6 Å². The lowest BCUT2D eigenvalue weighted by Gasteiger charge is -2.29. The topological polar surface area (TPSA) is 84.2 Å². The molecule has 3 aromatic carbocycles. The normalized spacial score (nSPS) is 14.9. The number of aryl methyl sites for hydroxylation is 1. The van der Waals surface area contributed by atoms with Crippen molar-refractivity contribution >= 4 is 16.9 Å². The monoisotopic (exact) mass is 472 g/mol. The minimum Gasteiger partial charge on any atom is -0.493 e.